The molecule has 202 valence electrons. The fourth-order valence-electron chi connectivity index (χ4n) is 4.60. The third-order valence-corrected chi connectivity index (χ3v) is 6.72. The second-order valence-corrected chi connectivity index (χ2v) is 9.23. The van der Waals surface area contributed by atoms with Gasteiger partial charge in [-0.1, -0.05) is 31.2 Å². The molecule has 0 aliphatic carbocycles. The van der Waals surface area contributed by atoms with Crippen LogP contribution in [0.2, 0.25) is 0 Å². The quantitative estimate of drug-likeness (QED) is 0.203. The van der Waals surface area contributed by atoms with Crippen LogP contribution in [0.15, 0.2) is 78.9 Å². The number of carbonyl (C=O) groups is 2. The number of aliphatic hydroxyl groups is 2. The normalized spacial score (nSPS) is 17.2. The van der Waals surface area contributed by atoms with Crippen LogP contribution in [0, 0.1) is 16.0 Å². The van der Waals surface area contributed by atoms with Crippen molar-refractivity contribution in [2.75, 3.05) is 23.9 Å². The number of nitro benzene ring substituents is 1. The van der Waals surface area contributed by atoms with Crippen molar-refractivity contribution in [1.82, 2.24) is 0 Å². The number of amides is 2. The summed E-state index contributed by atoms with van der Waals surface area (Å²) in [5.74, 6) is -1.03. The number of aliphatic hydroxyl groups excluding tert-OH is 1. The van der Waals surface area contributed by atoms with Gasteiger partial charge in [-0.2, -0.15) is 0 Å². The molecule has 1 heterocycles. The summed E-state index contributed by atoms with van der Waals surface area (Å²) in [6.45, 7) is 1.62. The van der Waals surface area contributed by atoms with E-state index in [4.69, 9.17) is 9.84 Å². The van der Waals surface area contributed by atoms with Gasteiger partial charge in [-0.05, 0) is 54.4 Å². The van der Waals surface area contributed by atoms with Crippen molar-refractivity contribution in [1.29, 1.82) is 0 Å². The highest BCUT2D eigenvalue weighted by atomic mass is 16.6. The molecular formula is C29H29N3O7. The third-order valence-electron chi connectivity index (χ3n) is 6.72. The van der Waals surface area contributed by atoms with Gasteiger partial charge in [-0.15, -0.1) is 0 Å². The first-order valence-electron chi connectivity index (χ1n) is 12.3. The molecule has 4 rings (SSSR count). The van der Waals surface area contributed by atoms with Crippen molar-refractivity contribution >= 4 is 28.9 Å². The zero-order valence-electron chi connectivity index (χ0n) is 21.5. The number of rotatable bonds is 10. The molecule has 10 heteroatoms. The van der Waals surface area contributed by atoms with Crippen LogP contribution in [0.5, 0.6) is 5.75 Å². The van der Waals surface area contributed by atoms with Crippen LogP contribution in [0.3, 0.4) is 0 Å². The Bertz CT molecular complexity index is 1420. The fourth-order valence-corrected chi connectivity index (χ4v) is 4.60. The Labute approximate surface area is 225 Å². The summed E-state index contributed by atoms with van der Waals surface area (Å²) in [5.41, 5.74) is -0.133. The molecule has 0 saturated heterocycles. The first-order valence-corrected chi connectivity index (χ1v) is 12.3. The van der Waals surface area contributed by atoms with Crippen molar-refractivity contribution in [2.45, 2.75) is 25.5 Å². The van der Waals surface area contributed by atoms with E-state index in [0.29, 0.717) is 34.7 Å². The second kappa shape index (κ2) is 11.5. The van der Waals surface area contributed by atoms with E-state index in [2.05, 4.69) is 5.32 Å². The Kier molecular flexibility index (Phi) is 8.08. The molecule has 3 aromatic rings. The van der Waals surface area contributed by atoms with Crippen LogP contribution in [-0.4, -0.2) is 40.7 Å². The van der Waals surface area contributed by atoms with Crippen LogP contribution < -0.4 is 15.0 Å². The van der Waals surface area contributed by atoms with Gasteiger partial charge in [-0.3, -0.25) is 19.7 Å². The predicted molar refractivity (Wildman–Crippen MR) is 146 cm³/mol. The number of hydrogen-bond acceptors (Lipinski definition) is 7. The van der Waals surface area contributed by atoms with E-state index in [9.17, 15) is 24.8 Å². The maximum atomic E-state index is 13.7. The minimum Gasteiger partial charge on any atom is -0.497 e. The summed E-state index contributed by atoms with van der Waals surface area (Å²) in [7, 11) is 1.54. The van der Waals surface area contributed by atoms with Crippen LogP contribution in [-0.2, 0) is 16.9 Å². The Morgan fingerprint density at radius 3 is 2.59 bits per heavy atom. The van der Waals surface area contributed by atoms with Gasteiger partial charge in [0.05, 0.1) is 24.3 Å². The molecule has 39 heavy (non-hydrogen) atoms. The minimum atomic E-state index is -2.03. The molecule has 3 aromatic carbocycles. The largest absolute Gasteiger partial charge is 0.497 e. The molecule has 2 atom stereocenters. The molecule has 0 saturated carbocycles. The Morgan fingerprint density at radius 2 is 1.92 bits per heavy atom. The fraction of sp³-hybridized carbons (Fsp3) is 0.241. The highest BCUT2D eigenvalue weighted by molar-refractivity contribution is 6.07. The number of nitro groups is 1. The number of methoxy groups -OCH3 is 1. The first-order chi connectivity index (χ1) is 18.7. The van der Waals surface area contributed by atoms with Gasteiger partial charge in [0.25, 0.3) is 17.5 Å². The van der Waals surface area contributed by atoms with E-state index >= 15 is 0 Å². The third kappa shape index (κ3) is 5.52. The van der Waals surface area contributed by atoms with E-state index in [0.717, 1.165) is 0 Å². The van der Waals surface area contributed by atoms with Gasteiger partial charge in [0.15, 0.2) is 5.60 Å². The van der Waals surface area contributed by atoms with E-state index in [-0.39, 0.29) is 30.3 Å². The molecule has 3 N–H and O–H groups in total. The Morgan fingerprint density at radius 1 is 1.18 bits per heavy atom. The van der Waals surface area contributed by atoms with Gasteiger partial charge < -0.3 is 25.2 Å². The SMILES string of the molecule is COc1ccc(C(=O)Nc2cccc(CN3C(=O)[C@](O)([C@H](C)/C=C/CCO)c4cc([N+](=O)[O-])ccc43)c2)cc1. The molecular weight excluding hydrogens is 502 g/mol. The van der Waals surface area contributed by atoms with Crippen molar-refractivity contribution < 1.29 is 29.5 Å². The summed E-state index contributed by atoms with van der Waals surface area (Å²) in [6.07, 6.45) is 3.62. The van der Waals surface area contributed by atoms with Crippen molar-refractivity contribution in [3.8, 4) is 5.75 Å². The standard InChI is InChI=1S/C29H29N3O7/c1-19(6-3-4-15-33)29(36)25-17-23(32(37)38)11-14-26(25)31(28(29)35)18-20-7-5-8-22(16-20)30-27(34)21-9-12-24(39-2)13-10-21/h3,5-14,16-17,19,33,36H,4,15,18H2,1-2H3,(H,30,34)/b6-3+/t19-,29+/m1/s1. The highest BCUT2D eigenvalue weighted by Crippen LogP contribution is 2.47. The van der Waals surface area contributed by atoms with Crippen LogP contribution in [0.1, 0.15) is 34.8 Å². The van der Waals surface area contributed by atoms with E-state index in [1.54, 1.807) is 74.7 Å². The average Bonchev–Trinajstić information content (AvgIpc) is 3.15. The number of fused-ring (bicyclic) bond motifs is 1. The number of nitrogens with one attached hydrogen (secondary N) is 1. The van der Waals surface area contributed by atoms with E-state index < -0.39 is 22.3 Å². The number of benzene rings is 3. The Balaban J connectivity index is 1.62. The number of nitrogens with zero attached hydrogens (tertiary/aromatic N) is 2. The molecule has 1 aliphatic rings. The topological polar surface area (TPSA) is 142 Å². The number of ether oxygens (including phenoxy) is 1. The number of anilines is 2. The van der Waals surface area contributed by atoms with Crippen molar-refractivity contribution in [3.63, 3.8) is 0 Å². The minimum absolute atomic E-state index is 0.0608. The van der Waals surface area contributed by atoms with Gasteiger partial charge in [0, 0.05) is 41.5 Å². The first kappa shape index (κ1) is 27.5. The summed E-state index contributed by atoms with van der Waals surface area (Å²) < 4.78 is 5.12. The molecule has 0 fully saturated rings. The zero-order chi connectivity index (χ0) is 28.2. The van der Waals surface area contributed by atoms with Gasteiger partial charge >= 0.3 is 0 Å². The maximum Gasteiger partial charge on any atom is 0.269 e. The lowest BCUT2D eigenvalue weighted by Crippen LogP contribution is -2.44. The smallest absolute Gasteiger partial charge is 0.269 e. The molecule has 0 spiro atoms. The Hall–Kier alpha value is -4.54. The van der Waals surface area contributed by atoms with Gasteiger partial charge in [0.2, 0.25) is 0 Å². The van der Waals surface area contributed by atoms with Gasteiger partial charge in [-0.25, -0.2) is 0 Å². The highest BCUT2D eigenvalue weighted by Gasteiger charge is 2.53. The van der Waals surface area contributed by atoms with Crippen LogP contribution in [0.4, 0.5) is 17.1 Å². The van der Waals surface area contributed by atoms with Crippen LogP contribution >= 0.6 is 0 Å². The molecule has 0 bridgehead atoms. The maximum absolute atomic E-state index is 13.7. The number of non-ortho nitro benzene ring substituents is 1. The average molecular weight is 532 g/mol. The van der Waals surface area contributed by atoms with Crippen molar-refractivity contribution in [2.24, 2.45) is 5.92 Å². The lowest BCUT2D eigenvalue weighted by atomic mass is 9.82. The van der Waals surface area contributed by atoms with Crippen LogP contribution in [0.25, 0.3) is 0 Å². The molecule has 0 unspecified atom stereocenters. The molecule has 1 aliphatic heterocycles. The van der Waals surface area contributed by atoms with E-state index in [1.807, 2.05) is 0 Å². The lowest BCUT2D eigenvalue weighted by Gasteiger charge is -2.27. The lowest BCUT2D eigenvalue weighted by molar-refractivity contribution is -0.385. The number of hydrogen-bond donors (Lipinski definition) is 3. The molecule has 2 amide bonds. The summed E-state index contributed by atoms with van der Waals surface area (Å²) in [5, 5.41) is 35.1. The molecule has 10 nitrogen and oxygen atoms in total. The van der Waals surface area contributed by atoms with Gasteiger partial charge in [0.1, 0.15) is 5.75 Å². The van der Waals surface area contributed by atoms with E-state index in [1.165, 1.54) is 23.1 Å². The summed E-state index contributed by atoms with van der Waals surface area (Å²) in [4.78, 5) is 38.7. The molecule has 0 aromatic heterocycles. The predicted octanol–water partition coefficient (Wildman–Crippen LogP) is 4.16. The van der Waals surface area contributed by atoms with Crippen molar-refractivity contribution in [3.05, 3.63) is 106 Å². The molecule has 0 radical (unpaired) electrons. The summed E-state index contributed by atoms with van der Waals surface area (Å²) in [6, 6.07) is 17.6. The summed E-state index contributed by atoms with van der Waals surface area (Å²) >= 11 is 0. The number of carbonyl (C=O) groups excluding carboxylic acids is 2. The monoisotopic (exact) mass is 531 g/mol. The zero-order valence-corrected chi connectivity index (χ0v) is 21.5. The second-order valence-electron chi connectivity index (χ2n) is 9.23.